The van der Waals surface area contributed by atoms with Crippen molar-refractivity contribution >= 4 is 11.8 Å². The lowest BCUT2D eigenvalue weighted by atomic mass is 10.2. The number of Topliss-reactive ketones (excluding diaryl/α,β-unsaturated/α-hetero) is 1. The summed E-state index contributed by atoms with van der Waals surface area (Å²) in [5.41, 5.74) is 0.806. The molecule has 1 atom stereocenters. The van der Waals surface area contributed by atoms with Crippen LogP contribution in [0.1, 0.15) is 12.0 Å². The third-order valence-electron chi connectivity index (χ3n) is 2.49. The van der Waals surface area contributed by atoms with E-state index in [9.17, 15) is 14.7 Å². The van der Waals surface area contributed by atoms with Crippen molar-refractivity contribution in [1.82, 2.24) is 0 Å². The van der Waals surface area contributed by atoms with Gasteiger partial charge in [-0.3, -0.25) is 4.79 Å². The van der Waals surface area contributed by atoms with Gasteiger partial charge in [0, 0.05) is 6.42 Å². The minimum absolute atomic E-state index is 0.0320. The molecule has 0 heterocycles. The van der Waals surface area contributed by atoms with E-state index in [2.05, 4.69) is 0 Å². The number of benzene rings is 1. The number of aliphatic hydroxyl groups excluding tert-OH is 1. The molecule has 0 saturated carbocycles. The Morgan fingerprint density at radius 2 is 2.06 bits per heavy atom. The summed E-state index contributed by atoms with van der Waals surface area (Å²) < 4.78 is 4.99. The van der Waals surface area contributed by atoms with Crippen molar-refractivity contribution in [3.63, 3.8) is 0 Å². The van der Waals surface area contributed by atoms with Gasteiger partial charge in [-0.05, 0) is 11.6 Å². The van der Waals surface area contributed by atoms with Gasteiger partial charge in [-0.15, -0.1) is 0 Å². The van der Waals surface area contributed by atoms with E-state index in [0.717, 1.165) is 5.56 Å². The molecule has 0 fully saturated rings. The molecule has 4 heteroatoms. The molecular formula is C13H12O4. The van der Waals surface area contributed by atoms with Gasteiger partial charge in [-0.2, -0.15) is 0 Å². The van der Waals surface area contributed by atoms with Crippen LogP contribution in [-0.4, -0.2) is 23.0 Å². The number of rotatable bonds is 3. The third kappa shape index (κ3) is 2.79. The second-order valence-corrected chi connectivity index (χ2v) is 3.84. The molecule has 0 saturated heterocycles. The highest BCUT2D eigenvalue weighted by molar-refractivity contribution is 6.19. The Labute approximate surface area is 98.5 Å². The van der Waals surface area contributed by atoms with Crippen LogP contribution in [0.4, 0.5) is 0 Å². The van der Waals surface area contributed by atoms with Crippen LogP contribution >= 0.6 is 0 Å². The van der Waals surface area contributed by atoms with E-state index < -0.39 is 12.1 Å². The summed E-state index contributed by atoms with van der Waals surface area (Å²) in [6, 6.07) is 9.20. The number of aliphatic hydroxyl groups is 1. The van der Waals surface area contributed by atoms with Crippen LogP contribution in [0.3, 0.4) is 0 Å². The molecule has 4 nitrogen and oxygen atoms in total. The van der Waals surface area contributed by atoms with Crippen LogP contribution in [0.15, 0.2) is 42.0 Å². The topological polar surface area (TPSA) is 63.6 Å². The SMILES string of the molecule is O=C1CC(O)C=C1C(=O)OCc1ccccc1. The van der Waals surface area contributed by atoms with E-state index in [4.69, 9.17) is 4.74 Å². The summed E-state index contributed by atoms with van der Waals surface area (Å²) in [4.78, 5) is 22.9. The highest BCUT2D eigenvalue weighted by Gasteiger charge is 2.28. The molecule has 0 radical (unpaired) electrons. The molecule has 1 aliphatic carbocycles. The molecule has 0 aromatic heterocycles. The van der Waals surface area contributed by atoms with E-state index in [1.54, 1.807) is 0 Å². The van der Waals surface area contributed by atoms with E-state index in [0.29, 0.717) is 0 Å². The lowest BCUT2D eigenvalue weighted by Gasteiger charge is -2.04. The number of hydrogen-bond donors (Lipinski definition) is 1. The Balaban J connectivity index is 1.95. The van der Waals surface area contributed by atoms with Crippen molar-refractivity contribution in [3.05, 3.63) is 47.5 Å². The summed E-state index contributed by atoms with van der Waals surface area (Å²) in [5.74, 6) is -1.04. The smallest absolute Gasteiger partial charge is 0.341 e. The van der Waals surface area contributed by atoms with Crippen molar-refractivity contribution in [3.8, 4) is 0 Å². The first-order chi connectivity index (χ1) is 8.16. The predicted molar refractivity (Wildman–Crippen MR) is 60.0 cm³/mol. The molecule has 1 aliphatic rings. The molecule has 17 heavy (non-hydrogen) atoms. The summed E-state index contributed by atoms with van der Waals surface area (Å²) in [5, 5.41) is 9.20. The maximum Gasteiger partial charge on any atom is 0.341 e. The zero-order valence-corrected chi connectivity index (χ0v) is 9.13. The third-order valence-corrected chi connectivity index (χ3v) is 2.49. The standard InChI is InChI=1S/C13H12O4/c14-10-6-11(12(15)7-10)13(16)17-8-9-4-2-1-3-5-9/h1-6,10,14H,7-8H2. The average Bonchev–Trinajstić information content (AvgIpc) is 2.67. The number of hydrogen-bond acceptors (Lipinski definition) is 4. The van der Waals surface area contributed by atoms with Gasteiger partial charge >= 0.3 is 5.97 Å². The van der Waals surface area contributed by atoms with Gasteiger partial charge in [0.25, 0.3) is 0 Å². The van der Waals surface area contributed by atoms with E-state index in [-0.39, 0.29) is 24.4 Å². The fraction of sp³-hybridized carbons (Fsp3) is 0.231. The minimum atomic E-state index is -0.859. The second kappa shape index (κ2) is 4.93. The first-order valence-corrected chi connectivity index (χ1v) is 5.31. The van der Waals surface area contributed by atoms with Crippen LogP contribution in [0.25, 0.3) is 0 Å². The zero-order chi connectivity index (χ0) is 12.3. The molecule has 0 amide bonds. The van der Waals surface area contributed by atoms with Gasteiger partial charge < -0.3 is 9.84 Å². The van der Waals surface area contributed by atoms with Crippen molar-refractivity contribution < 1.29 is 19.4 Å². The molecule has 1 N–H and O–H groups in total. The van der Waals surface area contributed by atoms with Gasteiger partial charge in [0.05, 0.1) is 6.10 Å². The predicted octanol–water partition coefficient (Wildman–Crippen LogP) is 0.990. The van der Waals surface area contributed by atoms with Crippen LogP contribution in [0, 0.1) is 0 Å². The largest absolute Gasteiger partial charge is 0.457 e. The Kier molecular flexibility index (Phi) is 3.35. The van der Waals surface area contributed by atoms with Crippen LogP contribution in [0.2, 0.25) is 0 Å². The van der Waals surface area contributed by atoms with Crippen LogP contribution < -0.4 is 0 Å². The Hall–Kier alpha value is -1.94. The molecule has 88 valence electrons. The molecule has 1 aromatic rings. The van der Waals surface area contributed by atoms with Crippen LogP contribution in [-0.2, 0) is 20.9 Å². The molecule has 0 spiro atoms. The quantitative estimate of drug-likeness (QED) is 0.623. The number of carbonyl (C=O) groups is 2. The van der Waals surface area contributed by atoms with Crippen molar-refractivity contribution in [1.29, 1.82) is 0 Å². The molecular weight excluding hydrogens is 220 g/mol. The molecule has 2 rings (SSSR count). The number of carbonyl (C=O) groups excluding carboxylic acids is 2. The molecule has 1 aromatic carbocycles. The average molecular weight is 232 g/mol. The first kappa shape index (κ1) is 11.5. The molecule has 0 aliphatic heterocycles. The Bertz CT molecular complexity index is 462. The number of ketones is 1. The fourth-order valence-electron chi connectivity index (χ4n) is 1.63. The van der Waals surface area contributed by atoms with E-state index >= 15 is 0 Å². The second-order valence-electron chi connectivity index (χ2n) is 3.84. The summed E-state index contributed by atoms with van der Waals surface area (Å²) in [6.45, 7) is 0.125. The van der Waals surface area contributed by atoms with E-state index in [1.807, 2.05) is 30.3 Å². The van der Waals surface area contributed by atoms with E-state index in [1.165, 1.54) is 6.08 Å². The Morgan fingerprint density at radius 3 is 2.65 bits per heavy atom. The lowest BCUT2D eigenvalue weighted by Crippen LogP contribution is -2.12. The maximum atomic E-state index is 11.6. The zero-order valence-electron chi connectivity index (χ0n) is 9.13. The summed E-state index contributed by atoms with van der Waals surface area (Å²) in [7, 11) is 0. The van der Waals surface area contributed by atoms with Gasteiger partial charge in [-0.25, -0.2) is 4.79 Å². The van der Waals surface area contributed by atoms with Crippen LogP contribution in [0.5, 0.6) is 0 Å². The molecule has 1 unspecified atom stereocenters. The van der Waals surface area contributed by atoms with Gasteiger partial charge in [0.15, 0.2) is 5.78 Å². The van der Waals surface area contributed by atoms with Gasteiger partial charge in [-0.1, -0.05) is 30.3 Å². The van der Waals surface area contributed by atoms with Gasteiger partial charge in [0.2, 0.25) is 0 Å². The summed E-state index contributed by atoms with van der Waals surface area (Å²) in [6.07, 6.45) is 0.354. The number of ether oxygens (including phenoxy) is 1. The summed E-state index contributed by atoms with van der Waals surface area (Å²) >= 11 is 0. The lowest BCUT2D eigenvalue weighted by molar-refractivity contribution is -0.141. The minimum Gasteiger partial charge on any atom is -0.457 e. The monoisotopic (exact) mass is 232 g/mol. The Morgan fingerprint density at radius 1 is 1.35 bits per heavy atom. The highest BCUT2D eigenvalue weighted by Crippen LogP contribution is 2.16. The normalized spacial score (nSPS) is 19.0. The number of esters is 1. The van der Waals surface area contributed by atoms with Crippen molar-refractivity contribution in [2.45, 2.75) is 19.1 Å². The molecule has 0 bridgehead atoms. The maximum absolute atomic E-state index is 11.6. The first-order valence-electron chi connectivity index (χ1n) is 5.31. The highest BCUT2D eigenvalue weighted by atomic mass is 16.5. The van der Waals surface area contributed by atoms with Gasteiger partial charge in [0.1, 0.15) is 12.2 Å². The van der Waals surface area contributed by atoms with Crippen molar-refractivity contribution in [2.24, 2.45) is 0 Å². The van der Waals surface area contributed by atoms with Crippen molar-refractivity contribution in [2.75, 3.05) is 0 Å². The fourth-order valence-corrected chi connectivity index (χ4v) is 1.63.